The van der Waals surface area contributed by atoms with Gasteiger partial charge in [-0.1, -0.05) is 12.1 Å². The topological polar surface area (TPSA) is 68.4 Å². The van der Waals surface area contributed by atoms with E-state index in [9.17, 15) is 9.59 Å². The molecule has 5 nitrogen and oxygen atoms in total. The second-order valence-electron chi connectivity index (χ2n) is 4.54. The van der Waals surface area contributed by atoms with Crippen LogP contribution in [0.15, 0.2) is 12.1 Å². The molecule has 0 aliphatic rings. The number of hydrogen-bond donors (Lipinski definition) is 1. The lowest BCUT2D eigenvalue weighted by Crippen LogP contribution is -2.12. The van der Waals surface area contributed by atoms with Gasteiger partial charge in [0.1, 0.15) is 11.3 Å². The summed E-state index contributed by atoms with van der Waals surface area (Å²) >= 11 is 0. The summed E-state index contributed by atoms with van der Waals surface area (Å²) in [5, 5.41) is 0.708. The summed E-state index contributed by atoms with van der Waals surface area (Å²) in [7, 11) is 1.29. The van der Waals surface area contributed by atoms with E-state index >= 15 is 0 Å². The Morgan fingerprint density at radius 1 is 1.15 bits per heavy atom. The Balaban J connectivity index is 2.80. The van der Waals surface area contributed by atoms with Crippen LogP contribution in [0.2, 0.25) is 0 Å². The SMILES string of the molecule is CCOC(=O)c1[nH]c2c(C)ccc(C)c2c1C(=O)OC. The number of benzene rings is 1. The fourth-order valence-corrected chi connectivity index (χ4v) is 2.27. The number of carbonyl (C=O) groups excluding carboxylic acids is 2. The van der Waals surface area contributed by atoms with Crippen molar-refractivity contribution in [2.24, 2.45) is 0 Å². The van der Waals surface area contributed by atoms with Crippen LogP contribution in [-0.2, 0) is 9.47 Å². The van der Waals surface area contributed by atoms with Crippen molar-refractivity contribution < 1.29 is 19.1 Å². The Morgan fingerprint density at radius 3 is 2.40 bits per heavy atom. The molecule has 0 amide bonds. The van der Waals surface area contributed by atoms with Crippen molar-refractivity contribution in [1.29, 1.82) is 0 Å². The van der Waals surface area contributed by atoms with Crippen molar-refractivity contribution in [3.05, 3.63) is 34.5 Å². The Morgan fingerprint density at radius 2 is 1.80 bits per heavy atom. The van der Waals surface area contributed by atoms with Crippen molar-refractivity contribution >= 4 is 22.8 Å². The maximum atomic E-state index is 12.0. The molecule has 5 heteroatoms. The van der Waals surface area contributed by atoms with Crippen molar-refractivity contribution in [2.45, 2.75) is 20.8 Å². The smallest absolute Gasteiger partial charge is 0.355 e. The molecule has 1 N–H and O–H groups in total. The number of nitrogens with one attached hydrogen (secondary N) is 1. The third kappa shape index (κ3) is 2.15. The van der Waals surface area contributed by atoms with E-state index in [1.807, 2.05) is 26.0 Å². The first-order chi connectivity index (χ1) is 9.51. The minimum atomic E-state index is -0.553. The molecule has 0 saturated carbocycles. The van der Waals surface area contributed by atoms with Gasteiger partial charge in [0, 0.05) is 5.39 Å². The van der Waals surface area contributed by atoms with E-state index in [4.69, 9.17) is 9.47 Å². The van der Waals surface area contributed by atoms with E-state index in [0.29, 0.717) is 5.39 Å². The molecule has 20 heavy (non-hydrogen) atoms. The van der Waals surface area contributed by atoms with E-state index in [-0.39, 0.29) is 17.9 Å². The van der Waals surface area contributed by atoms with Gasteiger partial charge in [-0.05, 0) is 31.9 Å². The summed E-state index contributed by atoms with van der Waals surface area (Å²) in [6.07, 6.45) is 0. The van der Waals surface area contributed by atoms with Gasteiger partial charge in [-0.3, -0.25) is 0 Å². The number of aromatic nitrogens is 1. The van der Waals surface area contributed by atoms with Gasteiger partial charge in [0.15, 0.2) is 0 Å². The lowest BCUT2D eigenvalue weighted by Gasteiger charge is -2.04. The first-order valence-corrected chi connectivity index (χ1v) is 6.38. The summed E-state index contributed by atoms with van der Waals surface area (Å²) in [5.74, 6) is -1.10. The quantitative estimate of drug-likeness (QED) is 0.874. The average molecular weight is 275 g/mol. The zero-order valence-electron chi connectivity index (χ0n) is 12.0. The summed E-state index contributed by atoms with van der Waals surface area (Å²) in [6, 6.07) is 3.84. The molecule has 0 aliphatic carbocycles. The van der Waals surface area contributed by atoms with Gasteiger partial charge in [0.05, 0.1) is 19.2 Å². The molecule has 0 atom stereocenters. The molecule has 1 aromatic carbocycles. The molecule has 0 spiro atoms. The number of ether oxygens (including phenoxy) is 2. The molecule has 1 aromatic heterocycles. The van der Waals surface area contributed by atoms with Crippen LogP contribution in [-0.4, -0.2) is 30.6 Å². The number of fused-ring (bicyclic) bond motifs is 1. The molecular weight excluding hydrogens is 258 g/mol. The van der Waals surface area contributed by atoms with Crippen LogP contribution >= 0.6 is 0 Å². The zero-order valence-corrected chi connectivity index (χ0v) is 12.0. The number of aryl methyl sites for hydroxylation is 2. The third-order valence-corrected chi connectivity index (χ3v) is 3.24. The number of hydrogen-bond acceptors (Lipinski definition) is 4. The van der Waals surface area contributed by atoms with Crippen LogP contribution in [0.4, 0.5) is 0 Å². The molecule has 0 fully saturated rings. The number of aromatic amines is 1. The molecule has 0 radical (unpaired) electrons. The van der Waals surface area contributed by atoms with Gasteiger partial charge in [-0.2, -0.15) is 0 Å². The summed E-state index contributed by atoms with van der Waals surface area (Å²) in [6.45, 7) is 5.76. The maximum absolute atomic E-state index is 12.0. The molecule has 0 aliphatic heterocycles. The summed E-state index contributed by atoms with van der Waals surface area (Å²) in [4.78, 5) is 27.0. The average Bonchev–Trinajstić information content (AvgIpc) is 2.84. The minimum Gasteiger partial charge on any atom is -0.465 e. The molecule has 0 unspecified atom stereocenters. The molecule has 2 aromatic rings. The van der Waals surface area contributed by atoms with Gasteiger partial charge in [-0.25, -0.2) is 9.59 Å². The lowest BCUT2D eigenvalue weighted by atomic mass is 10.0. The largest absolute Gasteiger partial charge is 0.465 e. The highest BCUT2D eigenvalue weighted by molar-refractivity contribution is 6.14. The summed E-state index contributed by atoms with van der Waals surface area (Å²) < 4.78 is 9.79. The Kier molecular flexibility index (Phi) is 3.79. The fraction of sp³-hybridized carbons (Fsp3) is 0.333. The van der Waals surface area contributed by atoms with Crippen LogP contribution < -0.4 is 0 Å². The summed E-state index contributed by atoms with van der Waals surface area (Å²) in [5.41, 5.74) is 2.99. The van der Waals surface area contributed by atoms with Crippen molar-refractivity contribution in [3.8, 4) is 0 Å². The monoisotopic (exact) mass is 275 g/mol. The van der Waals surface area contributed by atoms with Crippen LogP contribution in [0.5, 0.6) is 0 Å². The van der Waals surface area contributed by atoms with Crippen LogP contribution in [0.25, 0.3) is 10.9 Å². The highest BCUT2D eigenvalue weighted by Crippen LogP contribution is 2.29. The Labute approximate surface area is 116 Å². The van der Waals surface area contributed by atoms with Crippen LogP contribution in [0, 0.1) is 13.8 Å². The molecular formula is C15H17NO4. The maximum Gasteiger partial charge on any atom is 0.355 e. The molecule has 0 saturated heterocycles. The molecule has 0 bridgehead atoms. The normalized spacial score (nSPS) is 10.6. The predicted octanol–water partition coefficient (Wildman–Crippen LogP) is 2.75. The van der Waals surface area contributed by atoms with Gasteiger partial charge in [0.2, 0.25) is 0 Å². The predicted molar refractivity (Wildman–Crippen MR) is 75.1 cm³/mol. The van der Waals surface area contributed by atoms with Crippen molar-refractivity contribution in [3.63, 3.8) is 0 Å². The van der Waals surface area contributed by atoms with E-state index in [1.165, 1.54) is 7.11 Å². The Hall–Kier alpha value is -2.30. The first kappa shape index (κ1) is 14.1. The number of esters is 2. The third-order valence-electron chi connectivity index (χ3n) is 3.24. The zero-order chi connectivity index (χ0) is 14.9. The van der Waals surface area contributed by atoms with E-state index in [2.05, 4.69) is 4.98 Å². The van der Waals surface area contributed by atoms with Crippen molar-refractivity contribution in [1.82, 2.24) is 4.98 Å². The first-order valence-electron chi connectivity index (χ1n) is 6.38. The molecule has 1 heterocycles. The second-order valence-corrected chi connectivity index (χ2v) is 4.54. The van der Waals surface area contributed by atoms with E-state index in [1.54, 1.807) is 6.92 Å². The van der Waals surface area contributed by atoms with E-state index in [0.717, 1.165) is 16.6 Å². The highest BCUT2D eigenvalue weighted by atomic mass is 16.5. The van der Waals surface area contributed by atoms with Gasteiger partial charge in [-0.15, -0.1) is 0 Å². The van der Waals surface area contributed by atoms with Gasteiger partial charge >= 0.3 is 11.9 Å². The van der Waals surface area contributed by atoms with Crippen LogP contribution in [0.3, 0.4) is 0 Å². The minimum absolute atomic E-state index is 0.145. The number of carbonyl (C=O) groups is 2. The van der Waals surface area contributed by atoms with E-state index < -0.39 is 11.9 Å². The second kappa shape index (κ2) is 5.36. The Bertz CT molecular complexity index is 685. The number of methoxy groups -OCH3 is 1. The lowest BCUT2D eigenvalue weighted by molar-refractivity contribution is 0.0499. The number of rotatable bonds is 3. The van der Waals surface area contributed by atoms with Gasteiger partial charge < -0.3 is 14.5 Å². The highest BCUT2D eigenvalue weighted by Gasteiger charge is 2.26. The van der Waals surface area contributed by atoms with Crippen LogP contribution in [0.1, 0.15) is 38.9 Å². The standard InChI is InChI=1S/C15H17NO4/c1-5-20-15(18)13-11(14(17)19-4)10-8(2)6-7-9(3)12(10)16-13/h6-7,16H,5H2,1-4H3. The fourth-order valence-electron chi connectivity index (χ4n) is 2.27. The van der Waals surface area contributed by atoms with Gasteiger partial charge in [0.25, 0.3) is 0 Å². The van der Waals surface area contributed by atoms with Crippen molar-refractivity contribution in [2.75, 3.05) is 13.7 Å². The number of H-pyrrole nitrogens is 1. The molecule has 106 valence electrons. The molecule has 2 rings (SSSR count).